The third-order valence-corrected chi connectivity index (χ3v) is 4.28. The minimum Gasteiger partial charge on any atom is -0.490 e. The van der Waals surface area contributed by atoms with E-state index < -0.39 is 0 Å². The predicted molar refractivity (Wildman–Crippen MR) is 113 cm³/mol. The third-order valence-electron chi connectivity index (χ3n) is 4.02. The van der Waals surface area contributed by atoms with Crippen molar-refractivity contribution >= 4 is 18.4 Å². The van der Waals surface area contributed by atoms with Crippen LogP contribution in [0.25, 0.3) is 0 Å². The molecule has 0 fully saturated rings. The summed E-state index contributed by atoms with van der Waals surface area (Å²) < 4.78 is 13.8. The zero-order valence-electron chi connectivity index (χ0n) is 16.3. The number of H-pyrrole nitrogens is 1. The van der Waals surface area contributed by atoms with E-state index in [1.807, 2.05) is 69.3 Å². The maximum Gasteiger partial charge on any atom is 0.216 e. The Morgan fingerprint density at radius 3 is 2.64 bits per heavy atom. The maximum atomic E-state index is 5.94. The van der Waals surface area contributed by atoms with Gasteiger partial charge in [0.2, 0.25) is 4.77 Å². The molecule has 1 aromatic heterocycles. The van der Waals surface area contributed by atoms with E-state index in [0.717, 1.165) is 17.0 Å². The van der Waals surface area contributed by atoms with Gasteiger partial charge in [-0.2, -0.15) is 14.9 Å². The minimum atomic E-state index is 0.206. The van der Waals surface area contributed by atoms with E-state index in [-0.39, 0.29) is 5.92 Å². The van der Waals surface area contributed by atoms with Crippen LogP contribution in [0.15, 0.2) is 53.6 Å². The number of rotatable bonds is 8. The van der Waals surface area contributed by atoms with E-state index in [0.29, 0.717) is 29.5 Å². The van der Waals surface area contributed by atoms with Crippen molar-refractivity contribution in [2.75, 3.05) is 6.61 Å². The summed E-state index contributed by atoms with van der Waals surface area (Å²) >= 11 is 5.26. The molecular formula is C21H24N4O2S. The standard InChI is InChI=1S/C21H24N4O2S/c1-4-26-19-12-17(13-22-25-20(15(2)3)23-24-21(25)28)10-11-18(19)27-14-16-8-6-5-7-9-16/h5-13,15H,4,14H2,1-3H3,(H,24,28)/b22-13-. The van der Waals surface area contributed by atoms with Gasteiger partial charge in [0, 0.05) is 5.92 Å². The van der Waals surface area contributed by atoms with Crippen LogP contribution in [0, 0.1) is 4.77 Å². The van der Waals surface area contributed by atoms with Gasteiger partial charge in [0.05, 0.1) is 12.8 Å². The van der Waals surface area contributed by atoms with Crippen molar-refractivity contribution in [1.82, 2.24) is 14.9 Å². The van der Waals surface area contributed by atoms with Gasteiger partial charge >= 0.3 is 0 Å². The van der Waals surface area contributed by atoms with Gasteiger partial charge in [0.25, 0.3) is 0 Å². The smallest absolute Gasteiger partial charge is 0.216 e. The summed E-state index contributed by atoms with van der Waals surface area (Å²) in [5.74, 6) is 2.37. The first-order valence-corrected chi connectivity index (χ1v) is 9.64. The van der Waals surface area contributed by atoms with Crippen LogP contribution in [0.2, 0.25) is 0 Å². The van der Waals surface area contributed by atoms with E-state index in [1.165, 1.54) is 0 Å². The molecule has 3 aromatic rings. The number of ether oxygens (including phenoxy) is 2. The van der Waals surface area contributed by atoms with Crippen molar-refractivity contribution in [2.24, 2.45) is 5.10 Å². The highest BCUT2D eigenvalue weighted by Crippen LogP contribution is 2.29. The second-order valence-corrected chi connectivity index (χ2v) is 6.90. The van der Waals surface area contributed by atoms with E-state index in [4.69, 9.17) is 21.7 Å². The van der Waals surface area contributed by atoms with Crippen molar-refractivity contribution in [3.05, 3.63) is 70.3 Å². The fourth-order valence-electron chi connectivity index (χ4n) is 2.64. The van der Waals surface area contributed by atoms with Crippen molar-refractivity contribution in [1.29, 1.82) is 0 Å². The van der Waals surface area contributed by atoms with Crippen LogP contribution in [-0.4, -0.2) is 27.7 Å². The maximum absolute atomic E-state index is 5.94. The Labute approximate surface area is 169 Å². The number of benzene rings is 2. The molecule has 3 rings (SSSR count). The number of nitrogens with zero attached hydrogens (tertiary/aromatic N) is 3. The predicted octanol–water partition coefficient (Wildman–Crippen LogP) is 4.92. The van der Waals surface area contributed by atoms with Crippen LogP contribution in [-0.2, 0) is 6.61 Å². The molecule has 0 amide bonds. The summed E-state index contributed by atoms with van der Waals surface area (Å²) in [4.78, 5) is 0. The second-order valence-electron chi connectivity index (χ2n) is 6.51. The van der Waals surface area contributed by atoms with Gasteiger partial charge in [-0.05, 0) is 48.5 Å². The zero-order chi connectivity index (χ0) is 19.9. The Bertz CT molecular complexity index is 993. The van der Waals surface area contributed by atoms with Gasteiger partial charge in [-0.3, -0.25) is 5.10 Å². The van der Waals surface area contributed by atoms with Gasteiger partial charge < -0.3 is 9.47 Å². The summed E-state index contributed by atoms with van der Waals surface area (Å²) in [6.07, 6.45) is 1.74. The normalized spacial score (nSPS) is 11.3. The highest BCUT2D eigenvalue weighted by Gasteiger charge is 2.10. The molecule has 0 aliphatic heterocycles. The van der Waals surface area contributed by atoms with Crippen LogP contribution >= 0.6 is 12.2 Å². The van der Waals surface area contributed by atoms with Crippen LogP contribution in [0.1, 0.15) is 43.6 Å². The molecule has 7 heteroatoms. The zero-order valence-corrected chi connectivity index (χ0v) is 17.1. The molecule has 1 N–H and O–H groups in total. The van der Waals surface area contributed by atoms with Crippen molar-refractivity contribution < 1.29 is 9.47 Å². The Balaban J connectivity index is 1.80. The molecule has 0 atom stereocenters. The average Bonchev–Trinajstić information content (AvgIpc) is 3.07. The number of aromatic amines is 1. The molecule has 0 aliphatic carbocycles. The Morgan fingerprint density at radius 1 is 1.14 bits per heavy atom. The van der Waals surface area contributed by atoms with E-state index >= 15 is 0 Å². The first-order chi connectivity index (χ1) is 13.6. The van der Waals surface area contributed by atoms with Gasteiger partial charge in [-0.15, -0.1) is 0 Å². The first-order valence-electron chi connectivity index (χ1n) is 9.23. The molecule has 0 aliphatic rings. The van der Waals surface area contributed by atoms with Crippen molar-refractivity contribution in [3.63, 3.8) is 0 Å². The molecule has 0 saturated carbocycles. The highest BCUT2D eigenvalue weighted by molar-refractivity contribution is 7.71. The quantitative estimate of drug-likeness (QED) is 0.433. The average molecular weight is 397 g/mol. The third kappa shape index (κ3) is 4.86. The molecule has 0 spiro atoms. The summed E-state index contributed by atoms with van der Waals surface area (Å²) in [7, 11) is 0. The molecule has 0 radical (unpaired) electrons. The molecule has 28 heavy (non-hydrogen) atoms. The van der Waals surface area contributed by atoms with E-state index in [1.54, 1.807) is 10.9 Å². The molecule has 146 valence electrons. The fourth-order valence-corrected chi connectivity index (χ4v) is 2.83. The van der Waals surface area contributed by atoms with Crippen LogP contribution in [0.4, 0.5) is 0 Å². The summed E-state index contributed by atoms with van der Waals surface area (Å²) in [5, 5.41) is 11.5. The summed E-state index contributed by atoms with van der Waals surface area (Å²) in [5.41, 5.74) is 1.99. The fraction of sp³-hybridized carbons (Fsp3) is 0.286. The number of hydrogen-bond acceptors (Lipinski definition) is 5. The molecule has 2 aromatic carbocycles. The number of nitrogens with one attached hydrogen (secondary N) is 1. The monoisotopic (exact) mass is 396 g/mol. The second kappa shape index (κ2) is 9.32. The van der Waals surface area contributed by atoms with E-state index in [9.17, 15) is 0 Å². The largest absolute Gasteiger partial charge is 0.490 e. The van der Waals surface area contributed by atoms with Crippen LogP contribution in [0.5, 0.6) is 11.5 Å². The van der Waals surface area contributed by atoms with Gasteiger partial charge in [0.1, 0.15) is 6.61 Å². The number of hydrogen-bond donors (Lipinski definition) is 1. The Morgan fingerprint density at radius 2 is 1.93 bits per heavy atom. The summed E-state index contributed by atoms with van der Waals surface area (Å²) in [6, 6.07) is 15.8. The molecule has 0 bridgehead atoms. The molecule has 0 unspecified atom stereocenters. The van der Waals surface area contributed by atoms with Crippen molar-refractivity contribution in [3.8, 4) is 11.5 Å². The lowest BCUT2D eigenvalue weighted by atomic mass is 10.2. The Hall–Kier alpha value is -2.93. The van der Waals surface area contributed by atoms with Crippen LogP contribution in [0.3, 0.4) is 0 Å². The molecular weight excluding hydrogens is 372 g/mol. The lowest BCUT2D eigenvalue weighted by molar-refractivity contribution is 0.269. The Kier molecular flexibility index (Phi) is 6.60. The summed E-state index contributed by atoms with van der Waals surface area (Å²) in [6.45, 7) is 7.07. The lowest BCUT2D eigenvalue weighted by Gasteiger charge is -2.12. The molecule has 0 saturated heterocycles. The van der Waals surface area contributed by atoms with E-state index in [2.05, 4.69) is 15.3 Å². The van der Waals surface area contributed by atoms with Crippen LogP contribution < -0.4 is 9.47 Å². The molecule has 1 heterocycles. The minimum absolute atomic E-state index is 0.206. The topological polar surface area (TPSA) is 64.4 Å². The number of aromatic nitrogens is 3. The first kappa shape index (κ1) is 19.8. The van der Waals surface area contributed by atoms with Gasteiger partial charge in [0.15, 0.2) is 17.3 Å². The molecule has 6 nitrogen and oxygen atoms in total. The highest BCUT2D eigenvalue weighted by atomic mass is 32.1. The van der Waals surface area contributed by atoms with Gasteiger partial charge in [-0.25, -0.2) is 0 Å². The van der Waals surface area contributed by atoms with Crippen molar-refractivity contribution in [2.45, 2.75) is 33.3 Å². The van der Waals surface area contributed by atoms with Gasteiger partial charge in [-0.1, -0.05) is 44.2 Å². The lowest BCUT2D eigenvalue weighted by Crippen LogP contribution is -2.02. The SMILES string of the molecule is CCOc1cc(/C=N\n2c(C(C)C)n[nH]c2=S)ccc1OCc1ccccc1.